The average Bonchev–Trinajstić information content (AvgIpc) is 2.67. The van der Waals surface area contributed by atoms with Gasteiger partial charge in [0.1, 0.15) is 5.82 Å². The molecule has 0 aliphatic carbocycles. The van der Waals surface area contributed by atoms with Crippen LogP contribution in [-0.2, 0) is 11.2 Å². The molecule has 1 fully saturated rings. The summed E-state index contributed by atoms with van der Waals surface area (Å²) in [6, 6.07) is 9.90. The van der Waals surface area contributed by atoms with Gasteiger partial charge >= 0.3 is 0 Å². The van der Waals surface area contributed by atoms with E-state index in [1.54, 1.807) is 35.5 Å². The minimum atomic E-state index is -0.284. The van der Waals surface area contributed by atoms with Crippen molar-refractivity contribution < 1.29 is 14.0 Å². The number of benzene rings is 1. The molecule has 0 atom stereocenters. The van der Waals surface area contributed by atoms with Gasteiger partial charge in [-0.05, 0) is 49.1 Å². The Balaban J connectivity index is 1.42. The summed E-state index contributed by atoms with van der Waals surface area (Å²) >= 11 is 0. The van der Waals surface area contributed by atoms with E-state index in [-0.39, 0.29) is 23.7 Å². The van der Waals surface area contributed by atoms with E-state index in [1.807, 2.05) is 6.07 Å². The Morgan fingerprint density at radius 2 is 2.00 bits per heavy atom. The molecule has 0 radical (unpaired) electrons. The number of hydrogen-bond acceptors (Lipinski definition) is 3. The third kappa shape index (κ3) is 4.88. The van der Waals surface area contributed by atoms with E-state index < -0.39 is 0 Å². The van der Waals surface area contributed by atoms with Crippen LogP contribution in [0, 0.1) is 5.82 Å². The normalized spacial score (nSPS) is 14.9. The second kappa shape index (κ2) is 8.56. The summed E-state index contributed by atoms with van der Waals surface area (Å²) in [5.41, 5.74) is 1.40. The van der Waals surface area contributed by atoms with E-state index in [9.17, 15) is 14.0 Å². The van der Waals surface area contributed by atoms with Gasteiger partial charge in [0.25, 0.3) is 5.91 Å². The van der Waals surface area contributed by atoms with Crippen LogP contribution in [0.4, 0.5) is 4.39 Å². The zero-order valence-corrected chi connectivity index (χ0v) is 14.5. The number of nitrogens with zero attached hydrogens (tertiary/aromatic N) is 2. The number of rotatable bonds is 5. The molecule has 2 heterocycles. The summed E-state index contributed by atoms with van der Waals surface area (Å²) in [6.07, 6.45) is 5.53. The lowest BCUT2D eigenvalue weighted by Gasteiger charge is -2.32. The van der Waals surface area contributed by atoms with Crippen molar-refractivity contribution in [3.63, 3.8) is 0 Å². The largest absolute Gasteiger partial charge is 0.353 e. The number of aryl methyl sites for hydroxylation is 1. The molecule has 0 bridgehead atoms. The van der Waals surface area contributed by atoms with Crippen LogP contribution in [0.2, 0.25) is 0 Å². The first-order valence-corrected chi connectivity index (χ1v) is 8.85. The fourth-order valence-corrected chi connectivity index (χ4v) is 3.15. The lowest BCUT2D eigenvalue weighted by atomic mass is 10.0. The summed E-state index contributed by atoms with van der Waals surface area (Å²) in [5.74, 6) is -0.339. The lowest BCUT2D eigenvalue weighted by molar-refractivity contribution is -0.122. The number of carbonyl (C=O) groups excluding carboxylic acids is 2. The summed E-state index contributed by atoms with van der Waals surface area (Å²) in [4.78, 5) is 30.3. The minimum Gasteiger partial charge on any atom is -0.353 e. The number of pyridine rings is 1. The van der Waals surface area contributed by atoms with Crippen molar-refractivity contribution in [2.24, 2.45) is 0 Å². The molecule has 2 aromatic rings. The van der Waals surface area contributed by atoms with Gasteiger partial charge in [-0.15, -0.1) is 0 Å². The van der Waals surface area contributed by atoms with Crippen molar-refractivity contribution in [3.05, 3.63) is 65.7 Å². The van der Waals surface area contributed by atoms with Crippen LogP contribution in [0.1, 0.15) is 35.2 Å². The van der Waals surface area contributed by atoms with E-state index in [1.165, 1.54) is 12.1 Å². The third-order valence-corrected chi connectivity index (χ3v) is 4.59. The van der Waals surface area contributed by atoms with Crippen LogP contribution in [0.15, 0.2) is 48.8 Å². The van der Waals surface area contributed by atoms with Gasteiger partial charge in [-0.25, -0.2) is 4.39 Å². The Kier molecular flexibility index (Phi) is 5.94. The molecule has 0 saturated carbocycles. The Labute approximate surface area is 152 Å². The third-order valence-electron chi connectivity index (χ3n) is 4.59. The SMILES string of the molecule is O=C(CCc1cccc(F)c1)NC1CCN(C(=O)c2cccnc2)CC1. The first kappa shape index (κ1) is 18.0. The predicted octanol–water partition coefficient (Wildman–Crippen LogP) is 2.57. The van der Waals surface area contributed by atoms with E-state index in [0.717, 1.165) is 18.4 Å². The van der Waals surface area contributed by atoms with Gasteiger partial charge in [0.15, 0.2) is 0 Å². The molecule has 1 aliphatic rings. The van der Waals surface area contributed by atoms with Gasteiger partial charge in [0, 0.05) is 37.9 Å². The highest BCUT2D eigenvalue weighted by Gasteiger charge is 2.24. The summed E-state index contributed by atoms with van der Waals surface area (Å²) in [5, 5.41) is 3.02. The number of amides is 2. The second-order valence-corrected chi connectivity index (χ2v) is 6.51. The zero-order chi connectivity index (χ0) is 18.4. The zero-order valence-electron chi connectivity index (χ0n) is 14.5. The van der Waals surface area contributed by atoms with Crippen molar-refractivity contribution in [3.8, 4) is 0 Å². The molecule has 1 aromatic heterocycles. The van der Waals surface area contributed by atoms with Crippen LogP contribution >= 0.6 is 0 Å². The lowest BCUT2D eigenvalue weighted by Crippen LogP contribution is -2.46. The van der Waals surface area contributed by atoms with Gasteiger partial charge < -0.3 is 10.2 Å². The smallest absolute Gasteiger partial charge is 0.255 e. The molecule has 2 amide bonds. The summed E-state index contributed by atoms with van der Waals surface area (Å²) < 4.78 is 13.2. The molecule has 136 valence electrons. The average molecular weight is 355 g/mol. The van der Waals surface area contributed by atoms with Crippen molar-refractivity contribution in [2.75, 3.05) is 13.1 Å². The van der Waals surface area contributed by atoms with Gasteiger partial charge in [-0.3, -0.25) is 14.6 Å². The molecule has 6 heteroatoms. The van der Waals surface area contributed by atoms with E-state index in [4.69, 9.17) is 0 Å². The highest BCUT2D eigenvalue weighted by Crippen LogP contribution is 2.14. The van der Waals surface area contributed by atoms with Crippen LogP contribution < -0.4 is 5.32 Å². The highest BCUT2D eigenvalue weighted by molar-refractivity contribution is 5.93. The fraction of sp³-hybridized carbons (Fsp3) is 0.350. The predicted molar refractivity (Wildman–Crippen MR) is 96.0 cm³/mol. The number of nitrogens with one attached hydrogen (secondary N) is 1. The molecular formula is C20H22FN3O2. The maximum Gasteiger partial charge on any atom is 0.255 e. The molecule has 0 unspecified atom stereocenters. The Morgan fingerprint density at radius 1 is 1.19 bits per heavy atom. The molecule has 1 saturated heterocycles. The van der Waals surface area contributed by atoms with Gasteiger partial charge in [-0.2, -0.15) is 0 Å². The molecule has 26 heavy (non-hydrogen) atoms. The first-order valence-electron chi connectivity index (χ1n) is 8.85. The van der Waals surface area contributed by atoms with E-state index in [2.05, 4.69) is 10.3 Å². The molecule has 1 aliphatic heterocycles. The number of hydrogen-bond donors (Lipinski definition) is 1. The standard InChI is InChI=1S/C20H22FN3O2/c21-17-5-1-3-15(13-17)6-7-19(25)23-18-8-11-24(12-9-18)20(26)16-4-2-10-22-14-16/h1-5,10,13-14,18H,6-9,11-12H2,(H,23,25). The van der Waals surface area contributed by atoms with Crippen molar-refractivity contribution >= 4 is 11.8 Å². The van der Waals surface area contributed by atoms with Crippen LogP contribution in [-0.4, -0.2) is 40.8 Å². The number of carbonyl (C=O) groups is 2. The quantitative estimate of drug-likeness (QED) is 0.897. The van der Waals surface area contributed by atoms with Crippen molar-refractivity contribution in [2.45, 2.75) is 31.7 Å². The first-order chi connectivity index (χ1) is 12.6. The Hall–Kier alpha value is -2.76. The molecule has 1 N–H and O–H groups in total. The number of piperidine rings is 1. The molecular weight excluding hydrogens is 333 g/mol. The Bertz CT molecular complexity index is 759. The van der Waals surface area contributed by atoms with E-state index in [0.29, 0.717) is 31.5 Å². The molecule has 3 rings (SSSR count). The fourth-order valence-electron chi connectivity index (χ4n) is 3.15. The van der Waals surface area contributed by atoms with Gasteiger partial charge in [0.2, 0.25) is 5.91 Å². The monoisotopic (exact) mass is 355 g/mol. The van der Waals surface area contributed by atoms with Crippen molar-refractivity contribution in [1.82, 2.24) is 15.2 Å². The van der Waals surface area contributed by atoms with Crippen LogP contribution in [0.5, 0.6) is 0 Å². The summed E-state index contributed by atoms with van der Waals surface area (Å²) in [7, 11) is 0. The van der Waals surface area contributed by atoms with Gasteiger partial charge in [-0.1, -0.05) is 12.1 Å². The maximum atomic E-state index is 13.2. The minimum absolute atomic E-state index is 0.0195. The topological polar surface area (TPSA) is 62.3 Å². The van der Waals surface area contributed by atoms with E-state index >= 15 is 0 Å². The molecule has 5 nitrogen and oxygen atoms in total. The van der Waals surface area contributed by atoms with Crippen LogP contribution in [0.3, 0.4) is 0 Å². The molecule has 1 aromatic carbocycles. The number of likely N-dealkylation sites (tertiary alicyclic amines) is 1. The summed E-state index contributed by atoms with van der Waals surface area (Å²) in [6.45, 7) is 1.23. The highest BCUT2D eigenvalue weighted by atomic mass is 19.1. The second-order valence-electron chi connectivity index (χ2n) is 6.51. The maximum absolute atomic E-state index is 13.2. The molecule has 0 spiro atoms. The Morgan fingerprint density at radius 3 is 2.69 bits per heavy atom. The van der Waals surface area contributed by atoms with Crippen molar-refractivity contribution in [1.29, 1.82) is 0 Å². The number of aromatic nitrogens is 1. The van der Waals surface area contributed by atoms with Gasteiger partial charge in [0.05, 0.1) is 5.56 Å². The van der Waals surface area contributed by atoms with Crippen LogP contribution in [0.25, 0.3) is 0 Å². The number of halogens is 1.